The summed E-state index contributed by atoms with van der Waals surface area (Å²) in [5, 5.41) is 6.02. The average molecular weight is 285 g/mol. The Hall–Kier alpha value is -1.18. The molecule has 0 aromatic heterocycles. The van der Waals surface area contributed by atoms with E-state index < -0.39 is 5.54 Å². The molecule has 2 N–H and O–H groups in total. The number of nitrogens with one attached hydrogen (secondary N) is 2. The molecule has 3 amide bonds. The second-order valence-electron chi connectivity index (χ2n) is 5.21. The van der Waals surface area contributed by atoms with E-state index in [2.05, 4.69) is 10.6 Å². The minimum absolute atomic E-state index is 0.105. The number of urea groups is 1. The van der Waals surface area contributed by atoms with Gasteiger partial charge in [-0.15, -0.1) is 0 Å². The summed E-state index contributed by atoms with van der Waals surface area (Å²) in [6.45, 7) is 3.43. The van der Waals surface area contributed by atoms with Crippen molar-refractivity contribution in [2.45, 2.75) is 24.8 Å². The predicted molar refractivity (Wildman–Crippen MR) is 72.4 cm³/mol. The van der Waals surface area contributed by atoms with Crippen LogP contribution in [0.3, 0.4) is 0 Å². The number of methoxy groups -OCH3 is 1. The van der Waals surface area contributed by atoms with Crippen LogP contribution in [0.2, 0.25) is 0 Å². The van der Waals surface area contributed by atoms with Crippen molar-refractivity contribution < 1.29 is 19.1 Å². The van der Waals surface area contributed by atoms with Gasteiger partial charge in [0.05, 0.1) is 13.2 Å². The van der Waals surface area contributed by atoms with Crippen LogP contribution in [0.5, 0.6) is 0 Å². The first kappa shape index (κ1) is 15.2. The van der Waals surface area contributed by atoms with Gasteiger partial charge < -0.3 is 20.1 Å². The fraction of sp³-hybridized carbons (Fsp3) is 0.846. The zero-order chi connectivity index (χ0) is 14.4. The fourth-order valence-electron chi connectivity index (χ4n) is 2.64. The van der Waals surface area contributed by atoms with Gasteiger partial charge in [0.2, 0.25) is 0 Å². The number of rotatable bonds is 7. The first-order chi connectivity index (χ1) is 9.69. The van der Waals surface area contributed by atoms with Crippen LogP contribution in [0.1, 0.15) is 19.3 Å². The summed E-state index contributed by atoms with van der Waals surface area (Å²) < 4.78 is 10.2. The molecule has 0 saturated carbocycles. The van der Waals surface area contributed by atoms with Crippen LogP contribution in [-0.2, 0) is 14.3 Å². The molecule has 1 atom stereocenters. The van der Waals surface area contributed by atoms with Crippen molar-refractivity contribution in [3.05, 3.63) is 0 Å². The highest BCUT2D eigenvalue weighted by molar-refractivity contribution is 6.07. The topological polar surface area (TPSA) is 79.9 Å². The molecule has 0 radical (unpaired) electrons. The highest BCUT2D eigenvalue weighted by atomic mass is 16.5. The molecule has 2 heterocycles. The number of carbonyl (C=O) groups excluding carboxylic acids is 2. The van der Waals surface area contributed by atoms with E-state index in [1.54, 1.807) is 7.11 Å². The highest BCUT2D eigenvalue weighted by Gasteiger charge is 2.51. The van der Waals surface area contributed by atoms with E-state index in [1.807, 2.05) is 0 Å². The van der Waals surface area contributed by atoms with Crippen molar-refractivity contribution >= 4 is 11.9 Å². The lowest BCUT2D eigenvalue weighted by Gasteiger charge is -2.31. The third-order valence-electron chi connectivity index (χ3n) is 3.73. The fourth-order valence-corrected chi connectivity index (χ4v) is 2.64. The highest BCUT2D eigenvalue weighted by Crippen LogP contribution is 2.24. The molecular formula is C13H23N3O4. The predicted octanol–water partition coefficient (Wildman–Crippen LogP) is -0.286. The summed E-state index contributed by atoms with van der Waals surface area (Å²) in [5.74, 6) is -0.105. The Balaban J connectivity index is 1.77. The summed E-state index contributed by atoms with van der Waals surface area (Å²) >= 11 is 0. The van der Waals surface area contributed by atoms with Gasteiger partial charge in [0.25, 0.3) is 5.91 Å². The summed E-state index contributed by atoms with van der Waals surface area (Å²) in [6.07, 6.45) is 2.26. The number of piperidine rings is 1. The van der Waals surface area contributed by atoms with Gasteiger partial charge in [0.1, 0.15) is 5.54 Å². The van der Waals surface area contributed by atoms with Gasteiger partial charge in [0.15, 0.2) is 0 Å². The molecule has 2 aliphatic rings. The monoisotopic (exact) mass is 285 g/mol. The Morgan fingerprint density at radius 2 is 2.15 bits per heavy atom. The number of carbonyl (C=O) groups is 2. The Kier molecular flexibility index (Phi) is 5.33. The van der Waals surface area contributed by atoms with E-state index in [0.717, 1.165) is 13.0 Å². The molecule has 7 heteroatoms. The Morgan fingerprint density at radius 1 is 1.30 bits per heavy atom. The summed E-state index contributed by atoms with van der Waals surface area (Å²) in [4.78, 5) is 25.6. The van der Waals surface area contributed by atoms with Crippen LogP contribution in [-0.4, -0.2) is 68.9 Å². The van der Waals surface area contributed by atoms with Crippen molar-refractivity contribution in [2.75, 3.05) is 46.6 Å². The first-order valence-corrected chi connectivity index (χ1v) is 7.11. The third-order valence-corrected chi connectivity index (χ3v) is 3.73. The van der Waals surface area contributed by atoms with E-state index >= 15 is 0 Å². The van der Waals surface area contributed by atoms with Crippen LogP contribution in [0.15, 0.2) is 0 Å². The van der Waals surface area contributed by atoms with Crippen LogP contribution in [0.25, 0.3) is 0 Å². The van der Waals surface area contributed by atoms with Crippen LogP contribution >= 0.6 is 0 Å². The smallest absolute Gasteiger partial charge is 0.325 e. The lowest BCUT2D eigenvalue weighted by molar-refractivity contribution is -0.132. The van der Waals surface area contributed by atoms with Crippen LogP contribution in [0, 0.1) is 0 Å². The molecule has 0 bridgehead atoms. The largest absolute Gasteiger partial charge is 0.382 e. The molecule has 1 spiro atoms. The summed E-state index contributed by atoms with van der Waals surface area (Å²) in [5.41, 5.74) is -0.716. The number of ether oxygens (including phenoxy) is 2. The zero-order valence-electron chi connectivity index (χ0n) is 11.9. The van der Waals surface area contributed by atoms with Crippen molar-refractivity contribution in [1.29, 1.82) is 0 Å². The molecule has 2 rings (SSSR count). The maximum Gasteiger partial charge on any atom is 0.325 e. The zero-order valence-corrected chi connectivity index (χ0v) is 11.9. The van der Waals surface area contributed by atoms with Gasteiger partial charge >= 0.3 is 6.03 Å². The van der Waals surface area contributed by atoms with Gasteiger partial charge in [-0.2, -0.15) is 0 Å². The normalized spacial score (nSPS) is 26.4. The standard InChI is InChI=1S/C13H23N3O4/c1-19-8-9-20-7-3-6-16-11(17)13(15-12(16)18)4-2-5-14-10-13/h14H,2-10H2,1H3,(H,15,18). The molecule has 2 fully saturated rings. The number of hydrogen-bond acceptors (Lipinski definition) is 5. The van der Waals surface area contributed by atoms with E-state index in [9.17, 15) is 9.59 Å². The molecule has 7 nitrogen and oxygen atoms in total. The third kappa shape index (κ3) is 3.28. The van der Waals surface area contributed by atoms with E-state index in [1.165, 1.54) is 4.90 Å². The first-order valence-electron chi connectivity index (χ1n) is 7.11. The van der Waals surface area contributed by atoms with Gasteiger partial charge in [-0.25, -0.2) is 4.79 Å². The molecule has 0 aliphatic carbocycles. The Morgan fingerprint density at radius 3 is 2.85 bits per heavy atom. The molecule has 0 aromatic rings. The molecule has 20 heavy (non-hydrogen) atoms. The minimum atomic E-state index is -0.716. The maximum absolute atomic E-state index is 12.4. The minimum Gasteiger partial charge on any atom is -0.382 e. The van der Waals surface area contributed by atoms with E-state index in [4.69, 9.17) is 9.47 Å². The summed E-state index contributed by atoms with van der Waals surface area (Å²) in [7, 11) is 1.62. The second-order valence-corrected chi connectivity index (χ2v) is 5.21. The summed E-state index contributed by atoms with van der Waals surface area (Å²) in [6, 6.07) is -0.282. The number of nitrogens with zero attached hydrogens (tertiary/aromatic N) is 1. The van der Waals surface area contributed by atoms with E-state index in [0.29, 0.717) is 45.8 Å². The Bertz CT molecular complexity index is 356. The van der Waals surface area contributed by atoms with Gasteiger partial charge in [-0.05, 0) is 25.8 Å². The lowest BCUT2D eigenvalue weighted by Crippen LogP contribution is -2.57. The quantitative estimate of drug-likeness (QED) is 0.496. The van der Waals surface area contributed by atoms with Crippen molar-refractivity contribution in [3.8, 4) is 0 Å². The molecule has 2 saturated heterocycles. The van der Waals surface area contributed by atoms with Gasteiger partial charge in [-0.3, -0.25) is 9.69 Å². The number of hydrogen-bond donors (Lipinski definition) is 2. The molecule has 1 unspecified atom stereocenters. The second kappa shape index (κ2) is 7.01. The molecule has 0 aromatic carbocycles. The average Bonchev–Trinajstić information content (AvgIpc) is 2.67. The SMILES string of the molecule is COCCOCCCN1C(=O)NC2(CCCNC2)C1=O. The molecular weight excluding hydrogens is 262 g/mol. The van der Waals surface area contributed by atoms with E-state index in [-0.39, 0.29) is 11.9 Å². The molecule has 2 aliphatic heterocycles. The van der Waals surface area contributed by atoms with Crippen LogP contribution in [0.4, 0.5) is 4.79 Å². The van der Waals surface area contributed by atoms with Crippen molar-refractivity contribution in [2.24, 2.45) is 0 Å². The van der Waals surface area contributed by atoms with Crippen molar-refractivity contribution in [3.63, 3.8) is 0 Å². The Labute approximate surface area is 119 Å². The number of amides is 3. The molecule has 114 valence electrons. The van der Waals surface area contributed by atoms with Gasteiger partial charge in [0, 0.05) is 26.8 Å². The lowest BCUT2D eigenvalue weighted by atomic mass is 9.90. The number of imide groups is 1. The van der Waals surface area contributed by atoms with Crippen LogP contribution < -0.4 is 10.6 Å². The van der Waals surface area contributed by atoms with Gasteiger partial charge in [-0.1, -0.05) is 0 Å². The maximum atomic E-state index is 12.4. The van der Waals surface area contributed by atoms with Crippen molar-refractivity contribution in [1.82, 2.24) is 15.5 Å².